The molecule has 0 aliphatic carbocycles. The summed E-state index contributed by atoms with van der Waals surface area (Å²) in [6.45, 7) is 2.79. The Morgan fingerprint density at radius 3 is 2.30 bits per heavy atom. The van der Waals surface area contributed by atoms with Gasteiger partial charge in [-0.15, -0.1) is 0 Å². The van der Waals surface area contributed by atoms with Crippen molar-refractivity contribution in [2.24, 2.45) is 0 Å². The third-order valence-electron chi connectivity index (χ3n) is 3.58. The van der Waals surface area contributed by atoms with Crippen LogP contribution in [-0.2, 0) is 9.53 Å². The summed E-state index contributed by atoms with van der Waals surface area (Å²) in [5, 5.41) is 5.54. The Labute approximate surface area is 158 Å². The average Bonchev–Trinajstić information content (AvgIpc) is 2.70. The van der Waals surface area contributed by atoms with Gasteiger partial charge in [0.15, 0.2) is 6.61 Å². The maximum absolute atomic E-state index is 12.0. The van der Waals surface area contributed by atoms with E-state index in [2.05, 4.69) is 10.6 Å². The number of nitrogens with one attached hydrogen (secondary N) is 2. The maximum atomic E-state index is 12.0. The van der Waals surface area contributed by atoms with Crippen molar-refractivity contribution in [3.8, 4) is 11.5 Å². The zero-order chi connectivity index (χ0) is 19.5. The molecule has 2 rings (SSSR count). The topological polar surface area (TPSA) is 85.9 Å². The first-order valence-electron chi connectivity index (χ1n) is 8.70. The van der Waals surface area contributed by atoms with Crippen LogP contribution in [-0.4, -0.2) is 45.3 Å². The number of carbonyl (C=O) groups is 2. The number of anilines is 1. The molecule has 0 unspecified atom stereocenters. The summed E-state index contributed by atoms with van der Waals surface area (Å²) in [5.74, 6) is 0.518. The van der Waals surface area contributed by atoms with Crippen LogP contribution in [0.2, 0.25) is 0 Å². The highest BCUT2D eigenvalue weighted by molar-refractivity contribution is 5.96. The third kappa shape index (κ3) is 6.54. The fraction of sp³-hybridized carbons (Fsp3) is 0.300. The summed E-state index contributed by atoms with van der Waals surface area (Å²) in [5.41, 5.74) is 1.03. The SMILES string of the molecule is CCOc1ccc(OCCNC(=O)COC(=O)c2ccccc2NC)cc1. The van der Waals surface area contributed by atoms with Crippen molar-refractivity contribution >= 4 is 17.6 Å². The zero-order valence-corrected chi connectivity index (χ0v) is 15.5. The van der Waals surface area contributed by atoms with E-state index < -0.39 is 5.97 Å². The van der Waals surface area contributed by atoms with E-state index in [4.69, 9.17) is 14.2 Å². The molecule has 0 saturated heterocycles. The molecule has 0 bridgehead atoms. The van der Waals surface area contributed by atoms with E-state index in [0.29, 0.717) is 36.8 Å². The van der Waals surface area contributed by atoms with E-state index in [9.17, 15) is 9.59 Å². The van der Waals surface area contributed by atoms with Crippen LogP contribution in [0.1, 0.15) is 17.3 Å². The molecular weight excluding hydrogens is 348 g/mol. The van der Waals surface area contributed by atoms with Gasteiger partial charge in [-0.3, -0.25) is 4.79 Å². The lowest BCUT2D eigenvalue weighted by molar-refractivity contribution is -0.124. The molecule has 2 N–H and O–H groups in total. The number of benzene rings is 2. The minimum absolute atomic E-state index is 0.302. The molecule has 1 amide bonds. The maximum Gasteiger partial charge on any atom is 0.340 e. The normalized spacial score (nSPS) is 10.0. The molecule has 0 radical (unpaired) electrons. The van der Waals surface area contributed by atoms with Gasteiger partial charge in [0.1, 0.15) is 18.1 Å². The lowest BCUT2D eigenvalue weighted by Gasteiger charge is -2.10. The molecule has 0 aliphatic heterocycles. The summed E-state index contributed by atoms with van der Waals surface area (Å²) in [6.07, 6.45) is 0. The molecule has 0 heterocycles. The second-order valence-electron chi connectivity index (χ2n) is 5.47. The number of para-hydroxylation sites is 1. The molecule has 0 saturated carbocycles. The minimum atomic E-state index is -0.555. The number of hydrogen-bond acceptors (Lipinski definition) is 6. The second kappa shape index (κ2) is 10.7. The first kappa shape index (κ1) is 20.1. The van der Waals surface area contributed by atoms with Crippen LogP contribution in [0.4, 0.5) is 5.69 Å². The predicted octanol–water partition coefficient (Wildman–Crippen LogP) is 2.48. The fourth-order valence-corrected chi connectivity index (χ4v) is 2.30. The Kier molecular flexibility index (Phi) is 7.96. The van der Waals surface area contributed by atoms with Crippen molar-refractivity contribution in [1.29, 1.82) is 0 Å². The number of hydrogen-bond donors (Lipinski definition) is 2. The average molecular weight is 372 g/mol. The van der Waals surface area contributed by atoms with Gasteiger partial charge >= 0.3 is 5.97 Å². The van der Waals surface area contributed by atoms with Crippen molar-refractivity contribution in [3.05, 3.63) is 54.1 Å². The Hall–Kier alpha value is -3.22. The van der Waals surface area contributed by atoms with E-state index >= 15 is 0 Å². The summed E-state index contributed by atoms with van der Waals surface area (Å²) in [4.78, 5) is 23.8. The van der Waals surface area contributed by atoms with Gasteiger partial charge in [-0.2, -0.15) is 0 Å². The summed E-state index contributed by atoms with van der Waals surface area (Å²) in [7, 11) is 1.71. The fourth-order valence-electron chi connectivity index (χ4n) is 2.30. The van der Waals surface area contributed by atoms with Gasteiger partial charge in [-0.05, 0) is 43.3 Å². The lowest BCUT2D eigenvalue weighted by atomic mass is 10.2. The van der Waals surface area contributed by atoms with E-state index in [1.165, 1.54) is 0 Å². The van der Waals surface area contributed by atoms with Crippen LogP contribution in [0.15, 0.2) is 48.5 Å². The zero-order valence-electron chi connectivity index (χ0n) is 15.5. The molecular formula is C20H24N2O5. The Bertz CT molecular complexity index is 746. The molecule has 0 aromatic heterocycles. The number of esters is 1. The highest BCUT2D eigenvalue weighted by Crippen LogP contribution is 2.17. The van der Waals surface area contributed by atoms with Crippen LogP contribution in [0.3, 0.4) is 0 Å². The Morgan fingerprint density at radius 2 is 1.63 bits per heavy atom. The van der Waals surface area contributed by atoms with E-state index in [-0.39, 0.29) is 12.5 Å². The number of carbonyl (C=O) groups excluding carboxylic acids is 2. The van der Waals surface area contributed by atoms with Gasteiger partial charge in [-0.25, -0.2) is 4.79 Å². The summed E-state index contributed by atoms with van der Waals surface area (Å²) >= 11 is 0. The largest absolute Gasteiger partial charge is 0.494 e. The third-order valence-corrected chi connectivity index (χ3v) is 3.58. The highest BCUT2D eigenvalue weighted by Gasteiger charge is 2.13. The van der Waals surface area contributed by atoms with Crippen LogP contribution >= 0.6 is 0 Å². The highest BCUT2D eigenvalue weighted by atomic mass is 16.5. The monoisotopic (exact) mass is 372 g/mol. The first-order valence-corrected chi connectivity index (χ1v) is 8.70. The van der Waals surface area contributed by atoms with Crippen molar-refractivity contribution in [3.63, 3.8) is 0 Å². The second-order valence-corrected chi connectivity index (χ2v) is 5.47. The quantitative estimate of drug-likeness (QED) is 0.492. The standard InChI is InChI=1S/C20H24N2O5/c1-3-25-15-8-10-16(11-9-15)26-13-12-22-19(23)14-27-20(24)17-6-4-5-7-18(17)21-2/h4-11,21H,3,12-14H2,1-2H3,(H,22,23). The molecule has 144 valence electrons. The van der Waals surface area contributed by atoms with E-state index in [1.54, 1.807) is 43.4 Å². The molecule has 0 atom stereocenters. The van der Waals surface area contributed by atoms with Crippen LogP contribution in [0, 0.1) is 0 Å². The smallest absolute Gasteiger partial charge is 0.340 e. The summed E-state index contributed by atoms with van der Waals surface area (Å²) < 4.78 is 15.9. The molecule has 7 heteroatoms. The van der Waals surface area contributed by atoms with E-state index in [1.807, 2.05) is 19.1 Å². The number of rotatable bonds is 10. The molecule has 0 spiro atoms. The van der Waals surface area contributed by atoms with Crippen molar-refractivity contribution in [2.75, 3.05) is 38.7 Å². The van der Waals surface area contributed by atoms with Gasteiger partial charge in [0, 0.05) is 12.7 Å². The van der Waals surface area contributed by atoms with Gasteiger partial charge < -0.3 is 24.8 Å². The van der Waals surface area contributed by atoms with Gasteiger partial charge in [0.25, 0.3) is 5.91 Å². The Morgan fingerprint density at radius 1 is 0.963 bits per heavy atom. The molecule has 2 aromatic carbocycles. The van der Waals surface area contributed by atoms with Crippen molar-refractivity contribution in [2.45, 2.75) is 6.92 Å². The van der Waals surface area contributed by atoms with E-state index in [0.717, 1.165) is 5.75 Å². The predicted molar refractivity (Wildman–Crippen MR) is 102 cm³/mol. The van der Waals surface area contributed by atoms with Gasteiger partial charge in [-0.1, -0.05) is 12.1 Å². The lowest BCUT2D eigenvalue weighted by Crippen LogP contribution is -2.32. The van der Waals surface area contributed by atoms with Gasteiger partial charge in [0.2, 0.25) is 0 Å². The van der Waals surface area contributed by atoms with Crippen LogP contribution < -0.4 is 20.1 Å². The van der Waals surface area contributed by atoms with Gasteiger partial charge in [0.05, 0.1) is 18.7 Å². The molecule has 7 nitrogen and oxygen atoms in total. The molecule has 2 aromatic rings. The van der Waals surface area contributed by atoms with Crippen molar-refractivity contribution in [1.82, 2.24) is 5.32 Å². The van der Waals surface area contributed by atoms with Crippen LogP contribution in [0.25, 0.3) is 0 Å². The Balaban J connectivity index is 1.66. The number of ether oxygens (including phenoxy) is 3. The molecule has 0 aliphatic rings. The van der Waals surface area contributed by atoms with Crippen molar-refractivity contribution < 1.29 is 23.8 Å². The summed E-state index contributed by atoms with van der Waals surface area (Å²) in [6, 6.07) is 14.2. The minimum Gasteiger partial charge on any atom is -0.494 e. The first-order chi connectivity index (χ1) is 13.1. The number of amides is 1. The molecule has 27 heavy (non-hydrogen) atoms. The molecule has 0 fully saturated rings. The van der Waals surface area contributed by atoms with Crippen LogP contribution in [0.5, 0.6) is 11.5 Å².